The van der Waals surface area contributed by atoms with Gasteiger partial charge >= 0.3 is 0 Å². The van der Waals surface area contributed by atoms with Gasteiger partial charge in [0.15, 0.2) is 0 Å². The molecule has 4 saturated carbocycles. The van der Waals surface area contributed by atoms with E-state index in [1.807, 2.05) is 0 Å². The van der Waals surface area contributed by atoms with Crippen LogP contribution in [0.15, 0.2) is 0 Å². The summed E-state index contributed by atoms with van der Waals surface area (Å²) >= 11 is 0. The molecule has 5 rings (SSSR count). The first-order chi connectivity index (χ1) is 10.5. The highest BCUT2D eigenvalue weighted by atomic mass is 35.5. The molecule has 23 heavy (non-hydrogen) atoms. The fourth-order valence-corrected chi connectivity index (χ4v) is 5.99. The fourth-order valence-electron chi connectivity index (χ4n) is 5.99. The summed E-state index contributed by atoms with van der Waals surface area (Å²) < 4.78 is 0. The van der Waals surface area contributed by atoms with Crippen molar-refractivity contribution in [2.45, 2.75) is 68.5 Å². The number of hydrogen-bond acceptors (Lipinski definition) is 4. The molecule has 3 atom stereocenters. The first-order valence-corrected chi connectivity index (χ1v) is 8.67. The molecule has 1 aliphatic heterocycles. The van der Waals surface area contributed by atoms with Gasteiger partial charge in [-0.2, -0.15) is 5.26 Å². The largest absolute Gasteiger partial charge is 0.390 e. The quantitative estimate of drug-likeness (QED) is 0.818. The number of halogens is 1. The zero-order valence-corrected chi connectivity index (χ0v) is 14.3. The van der Waals surface area contributed by atoms with E-state index < -0.39 is 5.60 Å². The Morgan fingerprint density at radius 1 is 1.30 bits per heavy atom. The monoisotopic (exact) mass is 339 g/mol. The summed E-state index contributed by atoms with van der Waals surface area (Å²) in [7, 11) is 0. The number of rotatable bonds is 3. The Labute approximate surface area is 143 Å². The van der Waals surface area contributed by atoms with Crippen molar-refractivity contribution in [2.24, 2.45) is 11.8 Å². The maximum Gasteiger partial charge on any atom is 0.237 e. The maximum atomic E-state index is 12.4. The number of carbonyl (C=O) groups excluding carboxylic acids is 1. The van der Waals surface area contributed by atoms with Gasteiger partial charge in [-0.25, -0.2) is 0 Å². The molecule has 0 aromatic carbocycles. The molecule has 0 aromatic heterocycles. The van der Waals surface area contributed by atoms with Crippen LogP contribution in [0.2, 0.25) is 0 Å². The summed E-state index contributed by atoms with van der Waals surface area (Å²) in [6.45, 7) is 1.02. The highest BCUT2D eigenvalue weighted by molar-refractivity contribution is 5.85. The Morgan fingerprint density at radius 3 is 2.61 bits per heavy atom. The zero-order valence-electron chi connectivity index (χ0n) is 13.5. The Kier molecular flexibility index (Phi) is 4.37. The molecular formula is C17H26ClN3O2. The van der Waals surface area contributed by atoms with E-state index in [0.717, 1.165) is 44.9 Å². The first kappa shape index (κ1) is 17.0. The minimum absolute atomic E-state index is 0. The number of amides is 1. The van der Waals surface area contributed by atoms with Gasteiger partial charge in [-0.05, 0) is 63.2 Å². The van der Waals surface area contributed by atoms with E-state index in [9.17, 15) is 9.90 Å². The smallest absolute Gasteiger partial charge is 0.237 e. The van der Waals surface area contributed by atoms with Crippen molar-refractivity contribution in [2.75, 3.05) is 13.1 Å². The average molecular weight is 340 g/mol. The lowest BCUT2D eigenvalue weighted by atomic mass is 9.51. The van der Waals surface area contributed by atoms with Crippen LogP contribution in [0.4, 0.5) is 0 Å². The van der Waals surface area contributed by atoms with Crippen LogP contribution in [0.5, 0.6) is 0 Å². The molecule has 128 valence electrons. The van der Waals surface area contributed by atoms with Crippen molar-refractivity contribution in [3.05, 3.63) is 0 Å². The molecule has 5 nitrogen and oxygen atoms in total. The van der Waals surface area contributed by atoms with Gasteiger partial charge in [-0.1, -0.05) is 0 Å². The third-order valence-electron chi connectivity index (χ3n) is 6.37. The van der Waals surface area contributed by atoms with Gasteiger partial charge in [-0.15, -0.1) is 12.4 Å². The van der Waals surface area contributed by atoms with Crippen molar-refractivity contribution < 1.29 is 9.90 Å². The molecule has 0 spiro atoms. The summed E-state index contributed by atoms with van der Waals surface area (Å²) in [4.78, 5) is 14.2. The van der Waals surface area contributed by atoms with Crippen molar-refractivity contribution in [3.8, 4) is 6.07 Å². The Hall–Kier alpha value is -0.830. The molecular weight excluding hydrogens is 314 g/mol. The lowest BCUT2D eigenvalue weighted by Crippen LogP contribution is -2.65. The standard InChI is InChI=1S/C17H25N3O2.ClH/c18-9-14-2-1-3-20(14)15(21)10-19-16-5-12-4-13(6-16)8-17(22,7-12)11-16;/h12-14,19,22H,1-8,10-11H2;1H. The second-order valence-corrected chi connectivity index (χ2v) is 8.19. The number of carbonyl (C=O) groups is 1. The molecule has 5 aliphatic rings. The van der Waals surface area contributed by atoms with Crippen LogP contribution in [-0.4, -0.2) is 46.2 Å². The summed E-state index contributed by atoms with van der Waals surface area (Å²) in [5, 5.41) is 23.4. The Balaban J connectivity index is 0.00000156. The van der Waals surface area contributed by atoms with Crippen LogP contribution < -0.4 is 5.32 Å². The summed E-state index contributed by atoms with van der Waals surface area (Å²) in [5.41, 5.74) is -0.542. The second-order valence-electron chi connectivity index (χ2n) is 8.19. The van der Waals surface area contributed by atoms with Gasteiger partial charge in [0, 0.05) is 12.1 Å². The van der Waals surface area contributed by atoms with E-state index in [4.69, 9.17) is 5.26 Å². The van der Waals surface area contributed by atoms with Gasteiger partial charge < -0.3 is 15.3 Å². The van der Waals surface area contributed by atoms with E-state index in [1.165, 1.54) is 6.42 Å². The number of nitriles is 1. The molecule has 3 unspecified atom stereocenters. The van der Waals surface area contributed by atoms with E-state index in [0.29, 0.717) is 24.9 Å². The van der Waals surface area contributed by atoms with Crippen molar-refractivity contribution >= 4 is 18.3 Å². The zero-order chi connectivity index (χ0) is 15.4. The molecule has 6 heteroatoms. The van der Waals surface area contributed by atoms with Gasteiger partial charge in [0.1, 0.15) is 6.04 Å². The predicted molar refractivity (Wildman–Crippen MR) is 88.0 cm³/mol. The topological polar surface area (TPSA) is 76.4 Å². The van der Waals surface area contributed by atoms with Gasteiger partial charge in [-0.3, -0.25) is 4.79 Å². The fraction of sp³-hybridized carbons (Fsp3) is 0.882. The van der Waals surface area contributed by atoms with Gasteiger partial charge in [0.2, 0.25) is 5.91 Å². The number of hydrogen-bond donors (Lipinski definition) is 2. The molecule has 0 radical (unpaired) electrons. The van der Waals surface area contributed by atoms with Crippen molar-refractivity contribution in [1.82, 2.24) is 10.2 Å². The number of aliphatic hydroxyl groups is 1. The van der Waals surface area contributed by atoms with Crippen LogP contribution in [-0.2, 0) is 4.79 Å². The number of nitrogens with one attached hydrogen (secondary N) is 1. The molecule has 1 amide bonds. The SMILES string of the molecule is Cl.N#CC1CCCN1C(=O)CNC12CC3CC(CC(O)(C3)C1)C2. The first-order valence-electron chi connectivity index (χ1n) is 8.67. The molecule has 1 saturated heterocycles. The lowest BCUT2D eigenvalue weighted by Gasteiger charge is -2.60. The molecule has 5 fully saturated rings. The van der Waals surface area contributed by atoms with Crippen LogP contribution in [0, 0.1) is 23.2 Å². The summed E-state index contributed by atoms with van der Waals surface area (Å²) in [6, 6.07) is 1.99. The lowest BCUT2D eigenvalue weighted by molar-refractivity contribution is -0.147. The molecule has 4 aliphatic carbocycles. The third-order valence-corrected chi connectivity index (χ3v) is 6.37. The molecule has 2 N–H and O–H groups in total. The summed E-state index contributed by atoms with van der Waals surface area (Å²) in [6.07, 6.45) is 7.87. The van der Waals surface area contributed by atoms with Crippen LogP contribution in [0.1, 0.15) is 51.4 Å². The maximum absolute atomic E-state index is 12.4. The third kappa shape index (κ3) is 2.97. The predicted octanol–water partition coefficient (Wildman–Crippen LogP) is 1.60. The molecule has 0 aromatic rings. The van der Waals surface area contributed by atoms with Crippen LogP contribution in [0.25, 0.3) is 0 Å². The molecule has 4 bridgehead atoms. The Morgan fingerprint density at radius 2 is 2.00 bits per heavy atom. The summed E-state index contributed by atoms with van der Waals surface area (Å²) in [5.74, 6) is 1.28. The van der Waals surface area contributed by atoms with Crippen molar-refractivity contribution in [3.63, 3.8) is 0 Å². The second kappa shape index (κ2) is 5.91. The minimum atomic E-state index is -0.497. The van der Waals surface area contributed by atoms with Gasteiger partial charge in [0.05, 0.1) is 18.2 Å². The van der Waals surface area contributed by atoms with E-state index in [1.54, 1.807) is 4.90 Å². The number of nitrogens with zero attached hydrogens (tertiary/aromatic N) is 2. The van der Waals surface area contributed by atoms with Crippen LogP contribution >= 0.6 is 12.4 Å². The minimum Gasteiger partial charge on any atom is -0.390 e. The average Bonchev–Trinajstić information content (AvgIpc) is 2.90. The van der Waals surface area contributed by atoms with E-state index >= 15 is 0 Å². The van der Waals surface area contributed by atoms with E-state index in [2.05, 4.69) is 11.4 Å². The van der Waals surface area contributed by atoms with Crippen LogP contribution in [0.3, 0.4) is 0 Å². The van der Waals surface area contributed by atoms with Gasteiger partial charge in [0.25, 0.3) is 0 Å². The highest BCUT2D eigenvalue weighted by Crippen LogP contribution is 2.57. The Bertz CT molecular complexity index is 518. The van der Waals surface area contributed by atoms with Crippen molar-refractivity contribution in [1.29, 1.82) is 5.26 Å². The normalized spacial score (nSPS) is 44.0. The highest BCUT2D eigenvalue weighted by Gasteiger charge is 2.57. The molecule has 1 heterocycles. The number of likely N-dealkylation sites (tertiary alicyclic amines) is 1. The van der Waals surface area contributed by atoms with E-state index in [-0.39, 0.29) is 29.9 Å².